The van der Waals surface area contributed by atoms with Gasteiger partial charge in [-0.25, -0.2) is 9.59 Å². The van der Waals surface area contributed by atoms with Crippen LogP contribution < -0.4 is 4.74 Å². The number of carbonyl (C=O) groups is 2. The summed E-state index contributed by atoms with van der Waals surface area (Å²) in [7, 11) is 1.29. The highest BCUT2D eigenvalue weighted by Gasteiger charge is 2.18. The van der Waals surface area contributed by atoms with Crippen molar-refractivity contribution in [3.05, 3.63) is 53.0 Å². The molecule has 0 aliphatic carbocycles. The topological polar surface area (TPSA) is 84.2 Å². The summed E-state index contributed by atoms with van der Waals surface area (Å²) in [6.45, 7) is 2.86. The molecule has 0 spiro atoms. The van der Waals surface area contributed by atoms with Crippen molar-refractivity contribution < 1.29 is 33.0 Å². The van der Waals surface area contributed by atoms with Crippen LogP contribution in [0.1, 0.15) is 45.1 Å². The summed E-state index contributed by atoms with van der Waals surface area (Å²) in [5.41, 5.74) is 0.715. The van der Waals surface area contributed by atoms with Gasteiger partial charge >= 0.3 is 11.9 Å². The number of ether oxygens (including phenoxy) is 4. The Hall–Kier alpha value is -2.80. The van der Waals surface area contributed by atoms with E-state index in [4.69, 9.17) is 18.6 Å². The molecule has 1 aliphatic rings. The average molecular weight is 374 g/mol. The van der Waals surface area contributed by atoms with Gasteiger partial charge in [-0.15, -0.1) is 0 Å². The summed E-state index contributed by atoms with van der Waals surface area (Å²) in [6, 6.07) is 8.23. The largest absolute Gasteiger partial charge is 0.491 e. The van der Waals surface area contributed by atoms with Gasteiger partial charge in [0.1, 0.15) is 36.0 Å². The number of benzene rings is 1. The smallest absolute Gasteiger partial charge is 0.341 e. The molecule has 3 rings (SSSR count). The molecule has 2 heterocycles. The molecule has 7 nitrogen and oxygen atoms in total. The van der Waals surface area contributed by atoms with Crippen LogP contribution in [0.25, 0.3) is 0 Å². The second-order valence-electron chi connectivity index (χ2n) is 6.22. The molecule has 1 fully saturated rings. The normalized spacial score (nSPS) is 16.1. The molecule has 0 bridgehead atoms. The minimum atomic E-state index is -0.493. The number of furan rings is 1. The Labute approximate surface area is 157 Å². The Morgan fingerprint density at radius 3 is 2.63 bits per heavy atom. The quantitative estimate of drug-likeness (QED) is 0.688. The molecule has 0 radical (unpaired) electrons. The number of methoxy groups -OCH3 is 1. The first-order valence-corrected chi connectivity index (χ1v) is 8.76. The van der Waals surface area contributed by atoms with Gasteiger partial charge in [-0.2, -0.15) is 0 Å². The van der Waals surface area contributed by atoms with E-state index in [0.29, 0.717) is 35.0 Å². The Morgan fingerprint density at radius 1 is 1.19 bits per heavy atom. The van der Waals surface area contributed by atoms with Crippen LogP contribution in [0.4, 0.5) is 0 Å². The van der Waals surface area contributed by atoms with Crippen molar-refractivity contribution in [1.82, 2.24) is 0 Å². The molecule has 0 amide bonds. The highest BCUT2D eigenvalue weighted by Crippen LogP contribution is 2.19. The summed E-state index contributed by atoms with van der Waals surface area (Å²) in [5.74, 6) is 0.478. The molecular formula is C20H22O7. The Kier molecular flexibility index (Phi) is 6.13. The molecule has 1 aromatic carbocycles. The van der Waals surface area contributed by atoms with E-state index >= 15 is 0 Å². The van der Waals surface area contributed by atoms with Crippen molar-refractivity contribution in [1.29, 1.82) is 0 Å². The van der Waals surface area contributed by atoms with Crippen molar-refractivity contribution in [3.63, 3.8) is 0 Å². The molecule has 1 unspecified atom stereocenters. The zero-order valence-corrected chi connectivity index (χ0v) is 15.4. The fourth-order valence-electron chi connectivity index (χ4n) is 2.80. The van der Waals surface area contributed by atoms with Crippen molar-refractivity contribution in [2.24, 2.45) is 0 Å². The van der Waals surface area contributed by atoms with Crippen LogP contribution in [0.15, 0.2) is 34.7 Å². The summed E-state index contributed by atoms with van der Waals surface area (Å²) in [6.07, 6.45) is 2.21. The Bertz CT molecular complexity index is 785. The third-order valence-electron chi connectivity index (χ3n) is 4.27. The molecule has 0 saturated carbocycles. The third-order valence-corrected chi connectivity index (χ3v) is 4.27. The zero-order chi connectivity index (χ0) is 19.2. The minimum absolute atomic E-state index is 0.0755. The van der Waals surface area contributed by atoms with Crippen LogP contribution in [-0.4, -0.2) is 38.4 Å². The van der Waals surface area contributed by atoms with Crippen molar-refractivity contribution in [2.75, 3.05) is 20.3 Å². The molecule has 2 aromatic rings. The lowest BCUT2D eigenvalue weighted by Gasteiger charge is -2.11. The SMILES string of the molecule is COC(=O)c1cc(COC(=O)c2ccc(OCC3CCCO3)cc2)oc1C. The predicted octanol–water partition coefficient (Wildman–Crippen LogP) is 3.29. The predicted molar refractivity (Wildman–Crippen MR) is 94.8 cm³/mol. The third kappa shape index (κ3) is 4.89. The number of carbonyl (C=O) groups excluding carboxylic acids is 2. The van der Waals surface area contributed by atoms with E-state index < -0.39 is 11.9 Å². The van der Waals surface area contributed by atoms with Crippen LogP contribution in [0.2, 0.25) is 0 Å². The maximum absolute atomic E-state index is 12.2. The first kappa shape index (κ1) is 19.0. The minimum Gasteiger partial charge on any atom is -0.491 e. The van der Waals surface area contributed by atoms with Crippen LogP contribution in [0.5, 0.6) is 5.75 Å². The van der Waals surface area contributed by atoms with Crippen molar-refractivity contribution >= 4 is 11.9 Å². The highest BCUT2D eigenvalue weighted by atomic mass is 16.5. The van der Waals surface area contributed by atoms with E-state index in [-0.39, 0.29) is 12.7 Å². The first-order chi connectivity index (χ1) is 13.1. The molecule has 1 atom stereocenters. The Morgan fingerprint density at radius 2 is 1.96 bits per heavy atom. The number of rotatable bonds is 7. The fourth-order valence-corrected chi connectivity index (χ4v) is 2.80. The number of hydrogen-bond acceptors (Lipinski definition) is 7. The standard InChI is InChI=1S/C20H22O7/c1-13-18(20(22)23-2)10-17(27-13)12-26-19(21)14-5-7-15(8-6-14)25-11-16-4-3-9-24-16/h5-8,10,16H,3-4,9,11-12H2,1-2H3. The van der Waals surface area contributed by atoms with Gasteiger partial charge in [0.2, 0.25) is 0 Å². The molecule has 144 valence electrons. The zero-order valence-electron chi connectivity index (χ0n) is 15.4. The summed E-state index contributed by atoms with van der Waals surface area (Å²) < 4.78 is 26.5. The van der Waals surface area contributed by atoms with Crippen molar-refractivity contribution in [3.8, 4) is 5.75 Å². The molecule has 1 aromatic heterocycles. The van der Waals surface area contributed by atoms with Crippen LogP contribution in [-0.2, 0) is 20.8 Å². The number of esters is 2. The maximum atomic E-state index is 12.2. The van der Waals surface area contributed by atoms with Gasteiger partial charge in [-0.3, -0.25) is 0 Å². The number of hydrogen-bond donors (Lipinski definition) is 0. The van der Waals surface area contributed by atoms with Gasteiger partial charge in [-0.05, 0) is 50.1 Å². The van der Waals surface area contributed by atoms with E-state index in [1.54, 1.807) is 31.2 Å². The van der Waals surface area contributed by atoms with Gasteiger partial charge in [-0.1, -0.05) is 0 Å². The maximum Gasteiger partial charge on any atom is 0.341 e. The average Bonchev–Trinajstić information content (AvgIpc) is 3.33. The monoisotopic (exact) mass is 374 g/mol. The van der Waals surface area contributed by atoms with E-state index in [0.717, 1.165) is 19.4 Å². The van der Waals surface area contributed by atoms with Crippen LogP contribution in [0.3, 0.4) is 0 Å². The van der Waals surface area contributed by atoms with E-state index in [9.17, 15) is 9.59 Å². The molecule has 27 heavy (non-hydrogen) atoms. The second kappa shape index (κ2) is 8.73. The van der Waals surface area contributed by atoms with Crippen LogP contribution in [0, 0.1) is 6.92 Å². The van der Waals surface area contributed by atoms with Gasteiger partial charge in [0.25, 0.3) is 0 Å². The van der Waals surface area contributed by atoms with Gasteiger partial charge in [0, 0.05) is 6.61 Å². The fraction of sp³-hybridized carbons (Fsp3) is 0.400. The second-order valence-corrected chi connectivity index (χ2v) is 6.22. The molecule has 1 aliphatic heterocycles. The van der Waals surface area contributed by atoms with Gasteiger partial charge in [0.15, 0.2) is 0 Å². The number of aryl methyl sites for hydroxylation is 1. The van der Waals surface area contributed by atoms with E-state index in [1.165, 1.54) is 13.2 Å². The van der Waals surface area contributed by atoms with Gasteiger partial charge in [0.05, 0.1) is 18.8 Å². The lowest BCUT2D eigenvalue weighted by Crippen LogP contribution is -2.16. The molecular weight excluding hydrogens is 352 g/mol. The van der Waals surface area contributed by atoms with Crippen molar-refractivity contribution in [2.45, 2.75) is 32.5 Å². The molecule has 1 saturated heterocycles. The lowest BCUT2D eigenvalue weighted by atomic mass is 10.2. The molecule has 0 N–H and O–H groups in total. The lowest BCUT2D eigenvalue weighted by molar-refractivity contribution is 0.0443. The van der Waals surface area contributed by atoms with E-state index in [1.807, 2.05) is 0 Å². The Balaban J connectivity index is 1.51. The first-order valence-electron chi connectivity index (χ1n) is 8.76. The molecule has 7 heteroatoms. The highest BCUT2D eigenvalue weighted by molar-refractivity contribution is 5.91. The summed E-state index contributed by atoms with van der Waals surface area (Å²) in [4.78, 5) is 23.7. The van der Waals surface area contributed by atoms with Crippen LogP contribution >= 0.6 is 0 Å². The summed E-state index contributed by atoms with van der Waals surface area (Å²) >= 11 is 0. The summed E-state index contributed by atoms with van der Waals surface area (Å²) in [5, 5.41) is 0. The van der Waals surface area contributed by atoms with E-state index in [2.05, 4.69) is 4.74 Å². The van der Waals surface area contributed by atoms with Gasteiger partial charge < -0.3 is 23.4 Å².